The first-order chi connectivity index (χ1) is 9.36. The molecule has 1 aromatic carbocycles. The third kappa shape index (κ3) is 2.88. The Morgan fingerprint density at radius 3 is 3.00 bits per heavy atom. The molecule has 1 N–H and O–H groups in total. The maximum Gasteiger partial charge on any atom is 0.0961 e. The molecule has 5 heteroatoms. The molecular formula is C14H19N3OS. The Morgan fingerprint density at radius 1 is 1.37 bits per heavy atom. The highest BCUT2D eigenvalue weighted by Gasteiger charge is 2.12. The third-order valence-electron chi connectivity index (χ3n) is 3.42. The fraction of sp³-hybridized carbons (Fsp3) is 0.500. The van der Waals surface area contributed by atoms with Crippen molar-refractivity contribution in [2.75, 3.05) is 44.8 Å². The lowest BCUT2D eigenvalue weighted by atomic mass is 10.2. The van der Waals surface area contributed by atoms with Gasteiger partial charge >= 0.3 is 0 Å². The zero-order valence-electron chi connectivity index (χ0n) is 11.2. The standard InChI is InChI=1S/C14H19N3OS/c1-18-9-4-14-16-12-3-2-11(10-13(12)19-14)17-7-5-15-6-8-17/h2-3,10,15H,4-9H2,1H3. The van der Waals surface area contributed by atoms with Gasteiger partial charge in [0.2, 0.25) is 0 Å². The van der Waals surface area contributed by atoms with Crippen LogP contribution >= 0.6 is 11.3 Å². The summed E-state index contributed by atoms with van der Waals surface area (Å²) < 4.78 is 6.39. The summed E-state index contributed by atoms with van der Waals surface area (Å²) in [6.07, 6.45) is 0.902. The molecule has 1 aliphatic heterocycles. The van der Waals surface area contributed by atoms with Crippen molar-refractivity contribution in [1.82, 2.24) is 10.3 Å². The molecule has 0 bridgehead atoms. The van der Waals surface area contributed by atoms with Gasteiger partial charge in [0.05, 0.1) is 21.8 Å². The molecule has 1 aliphatic rings. The minimum absolute atomic E-state index is 0.741. The van der Waals surface area contributed by atoms with Crippen molar-refractivity contribution in [2.45, 2.75) is 6.42 Å². The van der Waals surface area contributed by atoms with Crippen LogP contribution in [0.15, 0.2) is 18.2 Å². The van der Waals surface area contributed by atoms with Gasteiger partial charge in [-0.1, -0.05) is 0 Å². The molecule has 0 aliphatic carbocycles. The maximum absolute atomic E-state index is 5.11. The van der Waals surface area contributed by atoms with E-state index < -0.39 is 0 Å². The van der Waals surface area contributed by atoms with Crippen LogP contribution in [0.1, 0.15) is 5.01 Å². The number of hydrogen-bond donors (Lipinski definition) is 1. The molecule has 0 atom stereocenters. The maximum atomic E-state index is 5.11. The Bertz CT molecular complexity index is 549. The van der Waals surface area contributed by atoms with Crippen LogP contribution in [-0.2, 0) is 11.2 Å². The zero-order chi connectivity index (χ0) is 13.1. The van der Waals surface area contributed by atoms with E-state index in [0.29, 0.717) is 0 Å². The molecule has 1 aromatic heterocycles. The molecular weight excluding hydrogens is 258 g/mol. The average Bonchev–Trinajstić information content (AvgIpc) is 2.87. The van der Waals surface area contributed by atoms with Crippen LogP contribution in [0, 0.1) is 0 Å². The second-order valence-corrected chi connectivity index (χ2v) is 5.85. The number of piperazine rings is 1. The first-order valence-electron chi connectivity index (χ1n) is 6.71. The second kappa shape index (κ2) is 5.86. The summed E-state index contributed by atoms with van der Waals surface area (Å²) in [5.41, 5.74) is 2.42. The Morgan fingerprint density at radius 2 is 2.21 bits per heavy atom. The highest BCUT2D eigenvalue weighted by Crippen LogP contribution is 2.27. The summed E-state index contributed by atoms with van der Waals surface area (Å²) in [7, 11) is 1.73. The summed E-state index contributed by atoms with van der Waals surface area (Å²) in [6.45, 7) is 5.05. The predicted molar refractivity (Wildman–Crippen MR) is 80.3 cm³/mol. The number of hydrogen-bond acceptors (Lipinski definition) is 5. The Labute approximate surface area is 117 Å². The molecule has 0 unspecified atom stereocenters. The van der Waals surface area contributed by atoms with Crippen molar-refractivity contribution in [2.24, 2.45) is 0 Å². The van der Waals surface area contributed by atoms with E-state index in [1.54, 1.807) is 18.4 Å². The summed E-state index contributed by atoms with van der Waals surface area (Å²) >= 11 is 1.78. The molecule has 102 valence electrons. The topological polar surface area (TPSA) is 37.4 Å². The molecule has 1 saturated heterocycles. The number of nitrogens with zero attached hydrogens (tertiary/aromatic N) is 2. The highest BCUT2D eigenvalue weighted by atomic mass is 32.1. The molecule has 0 amide bonds. The van der Waals surface area contributed by atoms with E-state index in [1.807, 2.05) is 0 Å². The van der Waals surface area contributed by atoms with Crippen molar-refractivity contribution in [3.8, 4) is 0 Å². The van der Waals surface area contributed by atoms with Crippen molar-refractivity contribution >= 4 is 27.2 Å². The Kier molecular flexibility index (Phi) is 3.96. The highest BCUT2D eigenvalue weighted by molar-refractivity contribution is 7.18. The van der Waals surface area contributed by atoms with E-state index in [2.05, 4.69) is 33.4 Å². The van der Waals surface area contributed by atoms with Crippen LogP contribution in [0.4, 0.5) is 5.69 Å². The number of fused-ring (bicyclic) bond motifs is 1. The van der Waals surface area contributed by atoms with Gasteiger partial charge in [0.15, 0.2) is 0 Å². The number of methoxy groups -OCH3 is 1. The number of anilines is 1. The van der Waals surface area contributed by atoms with Gasteiger partial charge < -0.3 is 15.0 Å². The van der Waals surface area contributed by atoms with E-state index in [9.17, 15) is 0 Å². The molecule has 4 nitrogen and oxygen atoms in total. The van der Waals surface area contributed by atoms with Crippen molar-refractivity contribution in [1.29, 1.82) is 0 Å². The fourth-order valence-corrected chi connectivity index (χ4v) is 3.36. The molecule has 2 aromatic rings. The van der Waals surface area contributed by atoms with E-state index in [0.717, 1.165) is 49.7 Å². The van der Waals surface area contributed by atoms with E-state index in [1.165, 1.54) is 10.4 Å². The molecule has 1 fully saturated rings. The Hall–Kier alpha value is -1.17. The molecule has 0 spiro atoms. The molecule has 0 saturated carbocycles. The van der Waals surface area contributed by atoms with Gasteiger partial charge in [-0.2, -0.15) is 0 Å². The van der Waals surface area contributed by atoms with Crippen LogP contribution < -0.4 is 10.2 Å². The summed E-state index contributed by atoms with van der Waals surface area (Å²) in [4.78, 5) is 7.08. The van der Waals surface area contributed by atoms with Crippen LogP contribution in [-0.4, -0.2) is 44.9 Å². The predicted octanol–water partition coefficient (Wildman–Crippen LogP) is 1.89. The zero-order valence-corrected chi connectivity index (χ0v) is 12.0. The monoisotopic (exact) mass is 277 g/mol. The SMILES string of the molecule is COCCc1nc2ccc(N3CCNCC3)cc2s1. The molecule has 2 heterocycles. The smallest absolute Gasteiger partial charge is 0.0961 e. The lowest BCUT2D eigenvalue weighted by molar-refractivity contribution is 0.202. The van der Waals surface area contributed by atoms with Crippen molar-refractivity contribution in [3.05, 3.63) is 23.2 Å². The molecule has 0 radical (unpaired) electrons. The van der Waals surface area contributed by atoms with Crippen molar-refractivity contribution < 1.29 is 4.74 Å². The van der Waals surface area contributed by atoms with Gasteiger partial charge in [0, 0.05) is 45.4 Å². The largest absolute Gasteiger partial charge is 0.384 e. The normalized spacial score (nSPS) is 16.2. The molecule has 3 rings (SSSR count). The quantitative estimate of drug-likeness (QED) is 0.926. The minimum atomic E-state index is 0.741. The van der Waals surface area contributed by atoms with Gasteiger partial charge in [-0.15, -0.1) is 11.3 Å². The van der Waals surface area contributed by atoms with Gasteiger partial charge in [0.1, 0.15) is 0 Å². The van der Waals surface area contributed by atoms with Crippen LogP contribution in [0.3, 0.4) is 0 Å². The third-order valence-corrected chi connectivity index (χ3v) is 4.50. The van der Waals surface area contributed by atoms with Crippen LogP contribution in [0.5, 0.6) is 0 Å². The number of rotatable bonds is 4. The number of aromatic nitrogens is 1. The summed E-state index contributed by atoms with van der Waals surface area (Å²) in [5, 5.41) is 4.55. The first-order valence-corrected chi connectivity index (χ1v) is 7.52. The lowest BCUT2D eigenvalue weighted by Gasteiger charge is -2.29. The van der Waals surface area contributed by atoms with E-state index in [-0.39, 0.29) is 0 Å². The minimum Gasteiger partial charge on any atom is -0.384 e. The van der Waals surface area contributed by atoms with Crippen molar-refractivity contribution in [3.63, 3.8) is 0 Å². The number of ether oxygens (including phenoxy) is 1. The van der Waals surface area contributed by atoms with Gasteiger partial charge in [-0.3, -0.25) is 0 Å². The number of benzene rings is 1. The number of thiazole rings is 1. The van der Waals surface area contributed by atoms with E-state index >= 15 is 0 Å². The summed E-state index contributed by atoms with van der Waals surface area (Å²) in [6, 6.07) is 6.60. The number of nitrogens with one attached hydrogen (secondary N) is 1. The lowest BCUT2D eigenvalue weighted by Crippen LogP contribution is -2.43. The van der Waals surface area contributed by atoms with Gasteiger partial charge in [-0.25, -0.2) is 4.98 Å². The Balaban J connectivity index is 1.83. The van der Waals surface area contributed by atoms with E-state index in [4.69, 9.17) is 4.74 Å². The van der Waals surface area contributed by atoms with Crippen LogP contribution in [0.25, 0.3) is 10.2 Å². The average molecular weight is 277 g/mol. The summed E-state index contributed by atoms with van der Waals surface area (Å²) in [5.74, 6) is 0. The van der Waals surface area contributed by atoms with Gasteiger partial charge in [-0.05, 0) is 18.2 Å². The second-order valence-electron chi connectivity index (χ2n) is 4.74. The van der Waals surface area contributed by atoms with Gasteiger partial charge in [0.25, 0.3) is 0 Å². The molecule has 19 heavy (non-hydrogen) atoms. The fourth-order valence-electron chi connectivity index (χ4n) is 2.38. The first kappa shape index (κ1) is 12.8. The van der Waals surface area contributed by atoms with Crippen LogP contribution in [0.2, 0.25) is 0 Å².